The number of rotatable bonds is 3. The summed E-state index contributed by atoms with van der Waals surface area (Å²) >= 11 is 0. The highest BCUT2D eigenvalue weighted by Gasteiger charge is 2.08. The van der Waals surface area contributed by atoms with E-state index >= 15 is 0 Å². The lowest BCUT2D eigenvalue weighted by Crippen LogP contribution is -2.06. The van der Waals surface area contributed by atoms with Crippen LogP contribution in [0.2, 0.25) is 0 Å². The van der Waals surface area contributed by atoms with Gasteiger partial charge in [0.1, 0.15) is 0 Å². The van der Waals surface area contributed by atoms with Gasteiger partial charge < -0.3 is 10.8 Å². The zero-order chi connectivity index (χ0) is 11.5. The Morgan fingerprint density at radius 3 is 3.00 bits per heavy atom. The zero-order valence-electron chi connectivity index (χ0n) is 8.24. The second-order valence-electron chi connectivity index (χ2n) is 3.03. The monoisotopic (exact) mass is 219 g/mol. The maximum Gasteiger partial charge on any atom is 0.338 e. The van der Waals surface area contributed by atoms with Crippen molar-refractivity contribution < 1.29 is 9.90 Å². The molecular formula is C9H9N5O2. The van der Waals surface area contributed by atoms with Gasteiger partial charge >= 0.3 is 5.97 Å². The molecule has 0 aliphatic rings. The number of carbonyl (C=O) groups is 1. The first-order valence-electron chi connectivity index (χ1n) is 4.51. The standard InChI is InChI=1S/C9H9N5O2/c10-3-7-1-2-11-9(13-7)14-5-6(4-12-14)8(15)16/h1-2,4-5H,3,10H2,(H,15,16). The van der Waals surface area contributed by atoms with E-state index in [1.54, 1.807) is 12.3 Å². The van der Waals surface area contributed by atoms with Gasteiger partial charge in [-0.25, -0.2) is 19.4 Å². The Morgan fingerprint density at radius 1 is 1.56 bits per heavy atom. The number of nitrogens with two attached hydrogens (primary N) is 1. The van der Waals surface area contributed by atoms with Crippen LogP contribution >= 0.6 is 0 Å². The van der Waals surface area contributed by atoms with Crippen molar-refractivity contribution in [1.29, 1.82) is 0 Å². The summed E-state index contributed by atoms with van der Waals surface area (Å²) in [6.07, 6.45) is 4.13. The lowest BCUT2D eigenvalue weighted by atomic mass is 10.4. The van der Waals surface area contributed by atoms with Crippen LogP contribution in [0.4, 0.5) is 0 Å². The first-order valence-corrected chi connectivity index (χ1v) is 4.51. The minimum absolute atomic E-state index is 0.0850. The van der Waals surface area contributed by atoms with Crippen molar-refractivity contribution in [3.05, 3.63) is 35.9 Å². The van der Waals surface area contributed by atoms with E-state index in [0.29, 0.717) is 18.2 Å². The number of hydrogen-bond acceptors (Lipinski definition) is 5. The normalized spacial score (nSPS) is 10.3. The van der Waals surface area contributed by atoms with Crippen molar-refractivity contribution in [1.82, 2.24) is 19.7 Å². The van der Waals surface area contributed by atoms with E-state index < -0.39 is 5.97 Å². The van der Waals surface area contributed by atoms with Crippen molar-refractivity contribution in [2.75, 3.05) is 0 Å². The largest absolute Gasteiger partial charge is 0.478 e. The molecule has 0 unspecified atom stereocenters. The van der Waals surface area contributed by atoms with Crippen molar-refractivity contribution in [3.8, 4) is 5.95 Å². The average Bonchev–Trinajstić information content (AvgIpc) is 2.78. The lowest BCUT2D eigenvalue weighted by molar-refractivity contribution is 0.0697. The summed E-state index contributed by atoms with van der Waals surface area (Å²) in [6.45, 7) is 0.294. The number of aromatic nitrogens is 4. The van der Waals surface area contributed by atoms with Crippen LogP contribution in [0.3, 0.4) is 0 Å². The molecule has 0 radical (unpaired) electrons. The number of aromatic carboxylic acids is 1. The molecule has 0 atom stereocenters. The van der Waals surface area contributed by atoms with Crippen LogP contribution in [-0.4, -0.2) is 30.8 Å². The van der Waals surface area contributed by atoms with E-state index in [1.165, 1.54) is 17.1 Å². The van der Waals surface area contributed by atoms with Gasteiger partial charge in [0, 0.05) is 18.9 Å². The van der Waals surface area contributed by atoms with E-state index in [1.807, 2.05) is 0 Å². The second kappa shape index (κ2) is 4.07. The smallest absolute Gasteiger partial charge is 0.338 e. The van der Waals surface area contributed by atoms with Crippen LogP contribution in [0.15, 0.2) is 24.7 Å². The van der Waals surface area contributed by atoms with Crippen molar-refractivity contribution >= 4 is 5.97 Å². The maximum atomic E-state index is 10.7. The van der Waals surface area contributed by atoms with E-state index in [9.17, 15) is 4.79 Å². The Morgan fingerprint density at radius 2 is 2.38 bits per heavy atom. The molecular weight excluding hydrogens is 210 g/mol. The first-order chi connectivity index (χ1) is 7.70. The molecule has 0 aromatic carbocycles. The van der Waals surface area contributed by atoms with Gasteiger partial charge in [-0.15, -0.1) is 0 Å². The topological polar surface area (TPSA) is 107 Å². The van der Waals surface area contributed by atoms with E-state index in [4.69, 9.17) is 10.8 Å². The van der Waals surface area contributed by atoms with Gasteiger partial charge in [0.2, 0.25) is 0 Å². The molecule has 7 nitrogen and oxygen atoms in total. The summed E-state index contributed by atoms with van der Waals surface area (Å²) in [4.78, 5) is 18.7. The Labute approximate surface area is 90.6 Å². The Hall–Kier alpha value is -2.28. The van der Waals surface area contributed by atoms with Gasteiger partial charge in [0.05, 0.1) is 17.5 Å². The van der Waals surface area contributed by atoms with Gasteiger partial charge in [0.15, 0.2) is 0 Å². The van der Waals surface area contributed by atoms with Gasteiger partial charge in [-0.2, -0.15) is 5.10 Å². The number of carboxylic acids is 1. The third kappa shape index (κ3) is 1.89. The molecule has 82 valence electrons. The quantitative estimate of drug-likeness (QED) is 0.741. The third-order valence-corrected chi connectivity index (χ3v) is 1.94. The van der Waals surface area contributed by atoms with Crippen LogP contribution < -0.4 is 5.73 Å². The molecule has 0 saturated heterocycles. The van der Waals surface area contributed by atoms with Gasteiger partial charge in [-0.1, -0.05) is 0 Å². The highest BCUT2D eigenvalue weighted by atomic mass is 16.4. The second-order valence-corrected chi connectivity index (χ2v) is 3.03. The number of nitrogens with zero attached hydrogens (tertiary/aromatic N) is 4. The number of hydrogen-bond donors (Lipinski definition) is 2. The highest BCUT2D eigenvalue weighted by Crippen LogP contribution is 2.03. The predicted molar refractivity (Wildman–Crippen MR) is 54.0 cm³/mol. The molecule has 16 heavy (non-hydrogen) atoms. The maximum absolute atomic E-state index is 10.7. The Kier molecular flexibility index (Phi) is 2.61. The summed E-state index contributed by atoms with van der Waals surface area (Å²) in [5.41, 5.74) is 6.19. The van der Waals surface area contributed by atoms with Crippen molar-refractivity contribution in [3.63, 3.8) is 0 Å². The van der Waals surface area contributed by atoms with Crippen LogP contribution in [0, 0.1) is 0 Å². The van der Waals surface area contributed by atoms with Gasteiger partial charge in [-0.05, 0) is 6.07 Å². The molecule has 2 heterocycles. The average molecular weight is 219 g/mol. The molecule has 0 fully saturated rings. The molecule has 2 aromatic rings. The highest BCUT2D eigenvalue weighted by molar-refractivity contribution is 5.86. The van der Waals surface area contributed by atoms with Gasteiger partial charge in [0.25, 0.3) is 5.95 Å². The molecule has 2 aromatic heterocycles. The molecule has 0 bridgehead atoms. The molecule has 3 N–H and O–H groups in total. The van der Waals surface area contributed by atoms with Crippen LogP contribution in [0.5, 0.6) is 0 Å². The SMILES string of the molecule is NCc1ccnc(-n2cc(C(=O)O)cn2)n1. The summed E-state index contributed by atoms with van der Waals surface area (Å²) < 4.78 is 1.29. The molecule has 0 saturated carbocycles. The number of carboxylic acid groups (broad SMARTS) is 1. The lowest BCUT2D eigenvalue weighted by Gasteiger charge is -2.00. The fourth-order valence-corrected chi connectivity index (χ4v) is 1.15. The summed E-state index contributed by atoms with van der Waals surface area (Å²) in [7, 11) is 0. The zero-order valence-corrected chi connectivity index (χ0v) is 8.24. The third-order valence-electron chi connectivity index (χ3n) is 1.94. The molecule has 2 rings (SSSR count). The Balaban J connectivity index is 2.38. The van der Waals surface area contributed by atoms with Crippen LogP contribution in [0.25, 0.3) is 5.95 Å². The van der Waals surface area contributed by atoms with E-state index in [-0.39, 0.29) is 5.56 Å². The minimum Gasteiger partial charge on any atom is -0.478 e. The van der Waals surface area contributed by atoms with E-state index in [0.717, 1.165) is 0 Å². The summed E-state index contributed by atoms with van der Waals surface area (Å²) in [6, 6.07) is 1.69. The van der Waals surface area contributed by atoms with E-state index in [2.05, 4.69) is 15.1 Å². The molecule has 7 heteroatoms. The first kappa shape index (κ1) is 10.2. The predicted octanol–water partition coefficient (Wildman–Crippen LogP) is -0.181. The fourth-order valence-electron chi connectivity index (χ4n) is 1.15. The van der Waals surface area contributed by atoms with Crippen molar-refractivity contribution in [2.24, 2.45) is 5.73 Å². The van der Waals surface area contributed by atoms with Crippen LogP contribution in [0.1, 0.15) is 16.1 Å². The fraction of sp³-hybridized carbons (Fsp3) is 0.111. The summed E-state index contributed by atoms with van der Waals surface area (Å²) in [5, 5.41) is 12.6. The minimum atomic E-state index is -1.04. The molecule has 0 aliphatic carbocycles. The molecule has 0 amide bonds. The van der Waals surface area contributed by atoms with Crippen molar-refractivity contribution in [2.45, 2.75) is 6.54 Å². The summed E-state index contributed by atoms with van der Waals surface area (Å²) in [5.74, 6) is -0.739. The Bertz CT molecular complexity index is 522. The van der Waals surface area contributed by atoms with Crippen LogP contribution in [-0.2, 0) is 6.54 Å². The molecule has 0 spiro atoms. The van der Waals surface area contributed by atoms with Gasteiger partial charge in [-0.3, -0.25) is 0 Å². The molecule has 0 aliphatic heterocycles.